The van der Waals surface area contributed by atoms with Crippen molar-refractivity contribution in [1.29, 1.82) is 5.26 Å². The molecule has 40 heavy (non-hydrogen) atoms. The molecular weight excluding hydrogens is 524 g/mol. The summed E-state index contributed by atoms with van der Waals surface area (Å²) in [6, 6.07) is 5.00. The van der Waals surface area contributed by atoms with Gasteiger partial charge in [-0.1, -0.05) is 12.1 Å². The van der Waals surface area contributed by atoms with Crippen molar-refractivity contribution in [3.05, 3.63) is 27.9 Å². The number of rotatable bonds is 6. The van der Waals surface area contributed by atoms with Gasteiger partial charge in [0.15, 0.2) is 5.82 Å². The molecule has 6 rings (SSSR count). The molecule has 0 bridgehead atoms. The maximum absolute atomic E-state index is 9.90. The van der Waals surface area contributed by atoms with Crippen LogP contribution in [0.1, 0.15) is 74.7 Å². The number of nitrogen functional groups attached to an aromatic ring is 1. The number of anilines is 2. The van der Waals surface area contributed by atoms with Gasteiger partial charge < -0.3 is 25.5 Å². The molecule has 0 saturated carbocycles. The van der Waals surface area contributed by atoms with Gasteiger partial charge in [0.05, 0.1) is 5.56 Å². The second-order valence-electron chi connectivity index (χ2n) is 12.0. The van der Waals surface area contributed by atoms with Crippen molar-refractivity contribution >= 4 is 27.9 Å². The summed E-state index contributed by atoms with van der Waals surface area (Å²) in [6.07, 6.45) is 5.56. The van der Waals surface area contributed by atoms with Gasteiger partial charge in [0.2, 0.25) is 5.88 Å². The maximum Gasteiger partial charge on any atom is 0.219 e. The van der Waals surface area contributed by atoms with Crippen LogP contribution < -0.4 is 20.7 Å². The zero-order valence-electron chi connectivity index (χ0n) is 23.9. The average molecular weight is 565 g/mol. The van der Waals surface area contributed by atoms with E-state index in [0.717, 1.165) is 69.0 Å². The number of thiophene rings is 1. The van der Waals surface area contributed by atoms with Gasteiger partial charge in [-0.2, -0.15) is 10.2 Å². The number of hydrogen-bond donors (Lipinski definition) is 2. The average Bonchev–Trinajstić information content (AvgIpc) is 3.67. The van der Waals surface area contributed by atoms with E-state index in [9.17, 15) is 5.26 Å². The highest BCUT2D eigenvalue weighted by Crippen LogP contribution is 2.49. The first kappa shape index (κ1) is 27.2. The molecule has 0 amide bonds. The lowest BCUT2D eigenvalue weighted by Crippen LogP contribution is -2.50. The Kier molecular flexibility index (Phi) is 7.36. The van der Waals surface area contributed by atoms with Gasteiger partial charge in [-0.15, -0.1) is 11.3 Å². The Labute approximate surface area is 240 Å². The van der Waals surface area contributed by atoms with Crippen LogP contribution in [0.3, 0.4) is 0 Å². The highest BCUT2D eigenvalue weighted by molar-refractivity contribution is 7.16. The Morgan fingerprint density at radius 1 is 1.32 bits per heavy atom. The number of piperazine rings is 1. The van der Waals surface area contributed by atoms with Gasteiger partial charge in [0.1, 0.15) is 34.8 Å². The highest BCUT2D eigenvalue weighted by Gasteiger charge is 2.47. The van der Waals surface area contributed by atoms with Crippen LogP contribution in [0.4, 0.5) is 10.8 Å². The largest absolute Gasteiger partial charge is 0.473 e. The van der Waals surface area contributed by atoms with Crippen molar-refractivity contribution < 1.29 is 9.57 Å². The van der Waals surface area contributed by atoms with Crippen molar-refractivity contribution in [2.45, 2.75) is 89.0 Å². The summed E-state index contributed by atoms with van der Waals surface area (Å²) in [5.41, 5.74) is 8.28. The Morgan fingerprint density at radius 3 is 2.92 bits per heavy atom. The van der Waals surface area contributed by atoms with Crippen LogP contribution in [0.5, 0.6) is 5.88 Å². The molecule has 2 saturated heterocycles. The first-order chi connectivity index (χ1) is 19.3. The van der Waals surface area contributed by atoms with Gasteiger partial charge in [0, 0.05) is 54.5 Å². The predicted molar refractivity (Wildman–Crippen MR) is 157 cm³/mol. The Morgan fingerprint density at radius 2 is 2.17 bits per heavy atom. The van der Waals surface area contributed by atoms with Crippen LogP contribution >= 0.6 is 11.3 Å². The number of aryl methyl sites for hydroxylation is 1. The fourth-order valence-corrected chi connectivity index (χ4v) is 8.23. The Balaban J connectivity index is 1.30. The highest BCUT2D eigenvalue weighted by atomic mass is 32.1. The lowest BCUT2D eigenvalue weighted by molar-refractivity contribution is 0.0211. The van der Waals surface area contributed by atoms with Crippen LogP contribution in [0.15, 0.2) is 11.2 Å². The predicted octanol–water partition coefficient (Wildman–Crippen LogP) is 3.44. The molecule has 2 aromatic heterocycles. The van der Waals surface area contributed by atoms with Crippen molar-refractivity contribution in [2.24, 2.45) is 5.16 Å². The van der Waals surface area contributed by atoms with E-state index in [1.807, 2.05) is 6.07 Å². The Hall–Kier alpha value is -2.94. The number of fused-ring (bicyclic) bond motifs is 1. The van der Waals surface area contributed by atoms with Crippen molar-refractivity contribution in [3.8, 4) is 11.9 Å². The second-order valence-corrected chi connectivity index (χ2v) is 13.1. The number of nitriles is 1. The lowest BCUT2D eigenvalue weighted by Gasteiger charge is -2.37. The quantitative estimate of drug-likeness (QED) is 0.543. The topological polar surface area (TPSA) is 125 Å². The molecule has 0 radical (unpaired) electrons. The number of likely N-dealkylation sites (N-methyl/N-ethyl adjacent to an activating group) is 1. The standard InChI is InChI=1S/C29H40N8O2S/c1-17-16-32-10-12-37(17)24-14-25(38-18(2)21-7-6-11-36(21)4)34-28(33-24)20-13-23(39-35-20)29(3)9-5-8-22-26(29)19(15-30)27(31)40-22/h14,17-18,21,23,32H,5-13,16,31H2,1-4H3/t17-,18+,21+,23?,29-/m1/s1. The van der Waals surface area contributed by atoms with Crippen molar-refractivity contribution in [1.82, 2.24) is 20.2 Å². The molecule has 2 aromatic rings. The molecule has 0 spiro atoms. The van der Waals surface area contributed by atoms with E-state index in [-0.39, 0.29) is 17.6 Å². The Bertz CT molecular complexity index is 1340. The second kappa shape index (κ2) is 10.8. The summed E-state index contributed by atoms with van der Waals surface area (Å²) >= 11 is 1.54. The number of ether oxygens (including phenoxy) is 1. The molecule has 1 unspecified atom stereocenters. The normalized spacial score (nSPS) is 29.4. The molecule has 5 atom stereocenters. The molecule has 5 heterocycles. The first-order valence-corrected chi connectivity index (χ1v) is 15.4. The van der Waals surface area contributed by atoms with Crippen LogP contribution in [-0.2, 0) is 16.7 Å². The zero-order valence-corrected chi connectivity index (χ0v) is 24.8. The minimum absolute atomic E-state index is 0.00563. The van der Waals surface area contributed by atoms with Gasteiger partial charge in [-0.25, -0.2) is 4.98 Å². The summed E-state index contributed by atoms with van der Waals surface area (Å²) in [4.78, 5) is 21.9. The van der Waals surface area contributed by atoms with Crippen LogP contribution in [0, 0.1) is 11.3 Å². The number of likely N-dealkylation sites (tertiary alicyclic amines) is 1. The summed E-state index contributed by atoms with van der Waals surface area (Å²) in [5, 5.41) is 18.5. The van der Waals surface area contributed by atoms with Crippen LogP contribution in [0.2, 0.25) is 0 Å². The van der Waals surface area contributed by atoms with E-state index in [1.54, 1.807) is 11.3 Å². The molecule has 2 fully saturated rings. The maximum atomic E-state index is 9.90. The number of nitrogens with zero attached hydrogens (tertiary/aromatic N) is 6. The van der Waals surface area contributed by atoms with Gasteiger partial charge in [-0.3, -0.25) is 4.90 Å². The lowest BCUT2D eigenvalue weighted by atomic mass is 9.68. The van der Waals surface area contributed by atoms with E-state index in [1.165, 1.54) is 11.3 Å². The fraction of sp³-hybridized carbons (Fsp3) is 0.655. The molecule has 1 aliphatic carbocycles. The first-order valence-electron chi connectivity index (χ1n) is 14.6. The number of aromatic nitrogens is 2. The number of oxime groups is 1. The van der Waals surface area contributed by atoms with Gasteiger partial charge >= 0.3 is 0 Å². The minimum atomic E-state index is -0.358. The third-order valence-electron chi connectivity index (χ3n) is 9.34. The van der Waals surface area contributed by atoms with Gasteiger partial charge in [-0.05, 0) is 65.1 Å². The molecule has 3 N–H and O–H groups in total. The SMILES string of the molecule is C[C@H](Oc1cc(N2CCNC[C@H]2C)nc(C2=NOC([C@@]3(C)CCCc4sc(N)c(C#N)c43)C2)n1)[C@@H]1CCCN1C. The van der Waals surface area contributed by atoms with Crippen molar-refractivity contribution in [3.63, 3.8) is 0 Å². The summed E-state index contributed by atoms with van der Waals surface area (Å²) in [6.45, 7) is 10.3. The van der Waals surface area contributed by atoms with E-state index in [0.29, 0.717) is 40.8 Å². The third-order valence-corrected chi connectivity index (χ3v) is 10.4. The fourth-order valence-electron chi connectivity index (χ4n) is 7.03. The van der Waals surface area contributed by atoms with Gasteiger partial charge in [0.25, 0.3) is 0 Å². The van der Waals surface area contributed by atoms with E-state index >= 15 is 0 Å². The summed E-state index contributed by atoms with van der Waals surface area (Å²) in [7, 11) is 2.16. The monoisotopic (exact) mass is 564 g/mol. The minimum Gasteiger partial charge on any atom is -0.473 e. The number of nitrogens with one attached hydrogen (secondary N) is 1. The molecule has 0 aromatic carbocycles. The zero-order chi connectivity index (χ0) is 28.0. The molecule has 11 heteroatoms. The van der Waals surface area contributed by atoms with E-state index in [4.69, 9.17) is 25.3 Å². The van der Waals surface area contributed by atoms with E-state index < -0.39 is 0 Å². The molecule has 214 valence electrons. The van der Waals surface area contributed by atoms with E-state index in [2.05, 4.69) is 54.2 Å². The van der Waals surface area contributed by atoms with Crippen molar-refractivity contribution in [2.75, 3.05) is 43.9 Å². The third kappa shape index (κ3) is 4.80. The molecule has 4 aliphatic rings. The van der Waals surface area contributed by atoms with Crippen LogP contribution in [0.25, 0.3) is 0 Å². The summed E-state index contributed by atoms with van der Waals surface area (Å²) < 4.78 is 6.50. The van der Waals surface area contributed by atoms with Crippen LogP contribution in [-0.4, -0.2) is 78.1 Å². The molecule has 3 aliphatic heterocycles. The smallest absolute Gasteiger partial charge is 0.219 e. The summed E-state index contributed by atoms with van der Waals surface area (Å²) in [5.74, 6) is 1.99. The molecule has 10 nitrogen and oxygen atoms in total. The number of hydrogen-bond acceptors (Lipinski definition) is 11. The number of nitrogens with two attached hydrogens (primary N) is 1. The molecular formula is C29H40N8O2S.